The third-order valence-electron chi connectivity index (χ3n) is 6.50. The Bertz CT molecular complexity index is 1060. The first kappa shape index (κ1) is 24.4. The SMILES string of the molecule is C[C@@H]1CN(c2cnc(S(C)(=O)=O)cn2)C[C@H](C)N1C(=O)OC1CCN(Cc2ccccc2)CC1. The minimum absolute atomic E-state index is 0.0469. The molecule has 1 amide bonds. The van der Waals surface area contributed by atoms with Crippen LogP contribution in [0.4, 0.5) is 10.6 Å². The number of sulfone groups is 1. The van der Waals surface area contributed by atoms with E-state index in [1.165, 1.54) is 18.0 Å². The number of anilines is 1. The Morgan fingerprint density at radius 2 is 1.68 bits per heavy atom. The lowest BCUT2D eigenvalue weighted by Gasteiger charge is -2.44. The molecule has 0 radical (unpaired) electrons. The smallest absolute Gasteiger partial charge is 0.410 e. The van der Waals surface area contributed by atoms with Crippen LogP contribution in [0.5, 0.6) is 0 Å². The van der Waals surface area contributed by atoms with Crippen molar-refractivity contribution < 1.29 is 17.9 Å². The number of carbonyl (C=O) groups excluding carboxylic acids is 1. The van der Waals surface area contributed by atoms with Gasteiger partial charge in [-0.05, 0) is 32.3 Å². The minimum atomic E-state index is -3.39. The van der Waals surface area contributed by atoms with E-state index in [-0.39, 0.29) is 29.3 Å². The van der Waals surface area contributed by atoms with Crippen LogP contribution in [0.1, 0.15) is 32.3 Å². The Balaban J connectivity index is 1.29. The zero-order valence-corrected chi connectivity index (χ0v) is 20.8. The van der Waals surface area contributed by atoms with Gasteiger partial charge in [0.25, 0.3) is 0 Å². The highest BCUT2D eigenvalue weighted by Gasteiger charge is 2.36. The monoisotopic (exact) mass is 487 g/mol. The van der Waals surface area contributed by atoms with Crippen molar-refractivity contribution in [3.05, 3.63) is 48.3 Å². The molecule has 2 aliphatic rings. The molecular weight excluding hydrogens is 454 g/mol. The summed E-state index contributed by atoms with van der Waals surface area (Å²) >= 11 is 0. The first-order chi connectivity index (χ1) is 16.2. The zero-order chi connectivity index (χ0) is 24.3. The number of piperidine rings is 1. The van der Waals surface area contributed by atoms with Crippen LogP contribution in [0.25, 0.3) is 0 Å². The van der Waals surface area contributed by atoms with E-state index in [0.717, 1.165) is 38.7 Å². The molecule has 34 heavy (non-hydrogen) atoms. The molecule has 4 rings (SSSR count). The van der Waals surface area contributed by atoms with Crippen LogP contribution >= 0.6 is 0 Å². The topological polar surface area (TPSA) is 95.9 Å². The molecule has 3 heterocycles. The van der Waals surface area contributed by atoms with Crippen molar-refractivity contribution >= 4 is 21.7 Å². The van der Waals surface area contributed by atoms with Crippen molar-refractivity contribution in [1.29, 1.82) is 0 Å². The molecule has 0 unspecified atom stereocenters. The first-order valence-corrected chi connectivity index (χ1v) is 13.6. The molecule has 2 fully saturated rings. The summed E-state index contributed by atoms with van der Waals surface area (Å²) in [4.78, 5) is 27.6. The molecule has 0 aliphatic carbocycles. The Morgan fingerprint density at radius 1 is 1.03 bits per heavy atom. The van der Waals surface area contributed by atoms with Crippen molar-refractivity contribution in [2.45, 2.75) is 56.4 Å². The van der Waals surface area contributed by atoms with Gasteiger partial charge in [0, 0.05) is 39.0 Å². The molecule has 0 bridgehead atoms. The van der Waals surface area contributed by atoms with Crippen LogP contribution in [-0.4, -0.2) is 84.9 Å². The van der Waals surface area contributed by atoms with Gasteiger partial charge in [0.2, 0.25) is 0 Å². The van der Waals surface area contributed by atoms with E-state index in [4.69, 9.17) is 4.74 Å². The first-order valence-electron chi connectivity index (χ1n) is 11.7. The number of ether oxygens (including phenoxy) is 1. The second-order valence-electron chi connectivity index (χ2n) is 9.34. The third kappa shape index (κ3) is 5.85. The maximum Gasteiger partial charge on any atom is 0.410 e. The molecule has 0 spiro atoms. The molecule has 2 saturated heterocycles. The van der Waals surface area contributed by atoms with Crippen LogP contribution in [0.3, 0.4) is 0 Å². The summed E-state index contributed by atoms with van der Waals surface area (Å²) in [6, 6.07) is 10.3. The van der Waals surface area contributed by atoms with Crippen molar-refractivity contribution in [2.75, 3.05) is 37.3 Å². The number of carbonyl (C=O) groups is 1. The number of rotatable bonds is 5. The number of likely N-dealkylation sites (tertiary alicyclic amines) is 1. The number of amides is 1. The van der Waals surface area contributed by atoms with Gasteiger partial charge in [-0.15, -0.1) is 0 Å². The lowest BCUT2D eigenvalue weighted by Crippen LogP contribution is -2.59. The molecule has 10 heteroatoms. The van der Waals surface area contributed by atoms with E-state index in [1.54, 1.807) is 0 Å². The van der Waals surface area contributed by atoms with Gasteiger partial charge >= 0.3 is 6.09 Å². The van der Waals surface area contributed by atoms with Crippen molar-refractivity contribution in [3.63, 3.8) is 0 Å². The average Bonchev–Trinajstić information content (AvgIpc) is 2.80. The van der Waals surface area contributed by atoms with Crippen LogP contribution in [0, 0.1) is 0 Å². The Labute approximate surface area is 201 Å². The van der Waals surface area contributed by atoms with Crippen molar-refractivity contribution in [3.8, 4) is 0 Å². The molecule has 2 aromatic rings. The van der Waals surface area contributed by atoms with Gasteiger partial charge in [0.15, 0.2) is 14.9 Å². The standard InChI is InChI=1S/C24H33N5O4S/c1-18-15-28(22-13-26-23(14-25-22)34(3,31)32)16-19(2)29(18)24(30)33-21-9-11-27(12-10-21)17-20-7-5-4-6-8-20/h4-8,13-14,18-19,21H,9-12,15-17H2,1-3H3/t18-,19+. The lowest BCUT2D eigenvalue weighted by molar-refractivity contribution is 0.0100. The maximum absolute atomic E-state index is 13.0. The molecule has 2 atom stereocenters. The minimum Gasteiger partial charge on any atom is -0.446 e. The normalized spacial score (nSPS) is 22.6. The van der Waals surface area contributed by atoms with E-state index in [1.807, 2.05) is 29.7 Å². The van der Waals surface area contributed by atoms with Crippen LogP contribution in [-0.2, 0) is 21.1 Å². The molecule has 1 aromatic carbocycles. The Morgan fingerprint density at radius 3 is 2.24 bits per heavy atom. The zero-order valence-electron chi connectivity index (χ0n) is 20.0. The predicted octanol–water partition coefficient (Wildman–Crippen LogP) is 2.58. The molecule has 0 N–H and O–H groups in total. The summed E-state index contributed by atoms with van der Waals surface area (Å²) in [7, 11) is -3.39. The highest BCUT2D eigenvalue weighted by molar-refractivity contribution is 7.90. The Hall–Kier alpha value is -2.72. The number of nitrogens with zero attached hydrogens (tertiary/aromatic N) is 5. The molecule has 184 valence electrons. The summed E-state index contributed by atoms with van der Waals surface area (Å²) < 4.78 is 29.2. The number of piperazine rings is 1. The van der Waals surface area contributed by atoms with Crippen LogP contribution in [0.2, 0.25) is 0 Å². The summed E-state index contributed by atoms with van der Waals surface area (Å²) in [6.07, 6.45) is 5.22. The molecular formula is C24H33N5O4S. The fraction of sp³-hybridized carbons (Fsp3) is 0.542. The van der Waals surface area contributed by atoms with Gasteiger partial charge in [-0.1, -0.05) is 30.3 Å². The van der Waals surface area contributed by atoms with Crippen LogP contribution in [0.15, 0.2) is 47.8 Å². The van der Waals surface area contributed by atoms with E-state index in [0.29, 0.717) is 18.9 Å². The summed E-state index contributed by atoms with van der Waals surface area (Å²) in [5.74, 6) is 0.602. The number of hydrogen-bond acceptors (Lipinski definition) is 8. The lowest BCUT2D eigenvalue weighted by atomic mass is 10.1. The van der Waals surface area contributed by atoms with E-state index in [2.05, 4.69) is 39.1 Å². The highest BCUT2D eigenvalue weighted by atomic mass is 32.2. The molecule has 9 nitrogen and oxygen atoms in total. The van der Waals surface area contributed by atoms with Gasteiger partial charge in [-0.3, -0.25) is 9.80 Å². The van der Waals surface area contributed by atoms with Gasteiger partial charge < -0.3 is 9.64 Å². The second kappa shape index (κ2) is 10.3. The van der Waals surface area contributed by atoms with Gasteiger partial charge in [-0.25, -0.2) is 23.2 Å². The third-order valence-corrected chi connectivity index (χ3v) is 7.47. The van der Waals surface area contributed by atoms with Crippen molar-refractivity contribution in [1.82, 2.24) is 19.8 Å². The largest absolute Gasteiger partial charge is 0.446 e. The van der Waals surface area contributed by atoms with Gasteiger partial charge in [0.1, 0.15) is 11.9 Å². The van der Waals surface area contributed by atoms with E-state index in [9.17, 15) is 13.2 Å². The van der Waals surface area contributed by atoms with Crippen molar-refractivity contribution in [2.24, 2.45) is 0 Å². The number of benzene rings is 1. The summed E-state index contributed by atoms with van der Waals surface area (Å²) in [6.45, 7) is 7.87. The molecule has 0 saturated carbocycles. The molecule has 1 aromatic heterocycles. The van der Waals surface area contributed by atoms with E-state index < -0.39 is 9.84 Å². The second-order valence-corrected chi connectivity index (χ2v) is 11.3. The Kier molecular flexibility index (Phi) is 7.37. The average molecular weight is 488 g/mol. The molecule has 2 aliphatic heterocycles. The van der Waals surface area contributed by atoms with Gasteiger partial charge in [-0.2, -0.15) is 0 Å². The predicted molar refractivity (Wildman–Crippen MR) is 129 cm³/mol. The van der Waals surface area contributed by atoms with E-state index >= 15 is 0 Å². The highest BCUT2D eigenvalue weighted by Crippen LogP contribution is 2.24. The number of aromatic nitrogens is 2. The fourth-order valence-corrected chi connectivity index (χ4v) is 5.25. The maximum atomic E-state index is 13.0. The van der Waals surface area contributed by atoms with Crippen LogP contribution < -0.4 is 4.90 Å². The summed E-state index contributed by atoms with van der Waals surface area (Å²) in [5.41, 5.74) is 1.30. The van der Waals surface area contributed by atoms with Gasteiger partial charge in [0.05, 0.1) is 24.5 Å². The number of hydrogen-bond donors (Lipinski definition) is 0. The summed E-state index contributed by atoms with van der Waals surface area (Å²) in [5, 5.41) is -0.0469. The quantitative estimate of drug-likeness (QED) is 0.635. The fourth-order valence-electron chi connectivity index (χ4n) is 4.76.